The molecule has 3 unspecified atom stereocenters. The third-order valence-corrected chi connectivity index (χ3v) is 4.66. The van der Waals surface area contributed by atoms with Crippen molar-refractivity contribution in [2.24, 2.45) is 5.92 Å². The molecule has 0 aromatic rings. The molecule has 3 heteroatoms. The van der Waals surface area contributed by atoms with Gasteiger partial charge in [0.05, 0.1) is 6.10 Å². The van der Waals surface area contributed by atoms with Crippen LogP contribution >= 0.6 is 0 Å². The van der Waals surface area contributed by atoms with Gasteiger partial charge in [-0.15, -0.1) is 0 Å². The van der Waals surface area contributed by atoms with Crippen LogP contribution in [0.3, 0.4) is 0 Å². The predicted molar refractivity (Wildman–Crippen MR) is 71.1 cm³/mol. The summed E-state index contributed by atoms with van der Waals surface area (Å²) in [4.78, 5) is 4.99. The topological polar surface area (TPSA) is 26.7 Å². The maximum Gasteiger partial charge on any atom is 0.0580 e. The number of piperazine rings is 1. The Bertz CT molecular complexity index is 234. The number of rotatable bonds is 2. The van der Waals surface area contributed by atoms with Gasteiger partial charge in [-0.05, 0) is 32.7 Å². The molecule has 17 heavy (non-hydrogen) atoms. The summed E-state index contributed by atoms with van der Waals surface area (Å²) >= 11 is 0. The quantitative estimate of drug-likeness (QED) is 0.742. The smallest absolute Gasteiger partial charge is 0.0580 e. The minimum absolute atomic E-state index is 0.0486. The van der Waals surface area contributed by atoms with Crippen LogP contribution in [0.15, 0.2) is 0 Å². The molecule has 1 saturated heterocycles. The van der Waals surface area contributed by atoms with E-state index in [1.807, 2.05) is 0 Å². The van der Waals surface area contributed by atoms with Crippen molar-refractivity contribution >= 4 is 0 Å². The molecule has 0 spiro atoms. The first-order chi connectivity index (χ1) is 8.16. The van der Waals surface area contributed by atoms with Crippen molar-refractivity contribution in [2.45, 2.75) is 51.2 Å². The van der Waals surface area contributed by atoms with E-state index >= 15 is 0 Å². The highest BCUT2D eigenvalue weighted by molar-refractivity contribution is 4.81. The van der Waals surface area contributed by atoms with Crippen LogP contribution in [0.5, 0.6) is 0 Å². The fourth-order valence-corrected chi connectivity index (χ4v) is 3.20. The summed E-state index contributed by atoms with van der Waals surface area (Å²) in [7, 11) is 2.21. The van der Waals surface area contributed by atoms with Gasteiger partial charge >= 0.3 is 0 Å². The second kappa shape index (κ2) is 6.17. The van der Waals surface area contributed by atoms with Crippen molar-refractivity contribution < 1.29 is 5.11 Å². The lowest BCUT2D eigenvalue weighted by molar-refractivity contribution is 0.0437. The van der Waals surface area contributed by atoms with Gasteiger partial charge in [-0.2, -0.15) is 0 Å². The van der Waals surface area contributed by atoms with Crippen molar-refractivity contribution in [3.8, 4) is 0 Å². The molecule has 1 aliphatic carbocycles. The molecule has 1 heterocycles. The lowest BCUT2D eigenvalue weighted by Crippen LogP contribution is -2.51. The first-order valence-corrected chi connectivity index (χ1v) is 7.27. The zero-order valence-corrected chi connectivity index (χ0v) is 11.4. The molecule has 3 nitrogen and oxygen atoms in total. The predicted octanol–water partition coefficient (Wildman–Crippen LogP) is 1.56. The molecule has 0 amide bonds. The van der Waals surface area contributed by atoms with Gasteiger partial charge in [0.1, 0.15) is 0 Å². The first kappa shape index (κ1) is 13.3. The number of hydrogen-bond donors (Lipinski definition) is 1. The van der Waals surface area contributed by atoms with Crippen LogP contribution in [0, 0.1) is 5.92 Å². The Kier molecular flexibility index (Phi) is 4.83. The molecule has 2 rings (SSSR count). The fraction of sp³-hybridized carbons (Fsp3) is 1.00. The van der Waals surface area contributed by atoms with Crippen LogP contribution in [0.2, 0.25) is 0 Å². The zero-order valence-electron chi connectivity index (χ0n) is 11.4. The number of aliphatic hydroxyl groups is 1. The van der Waals surface area contributed by atoms with E-state index in [-0.39, 0.29) is 6.10 Å². The van der Waals surface area contributed by atoms with Gasteiger partial charge in [0.2, 0.25) is 0 Å². The molecule has 0 radical (unpaired) electrons. The summed E-state index contributed by atoms with van der Waals surface area (Å²) in [5.74, 6) is 0.521. The molecule has 100 valence electrons. The Morgan fingerprint density at radius 3 is 2.65 bits per heavy atom. The summed E-state index contributed by atoms with van der Waals surface area (Å²) in [6.45, 7) is 6.92. The Morgan fingerprint density at radius 1 is 1.12 bits per heavy atom. The first-order valence-electron chi connectivity index (χ1n) is 7.27. The third-order valence-electron chi connectivity index (χ3n) is 4.66. The zero-order chi connectivity index (χ0) is 12.3. The minimum Gasteiger partial charge on any atom is -0.393 e. The summed E-state index contributed by atoms with van der Waals surface area (Å²) in [5.41, 5.74) is 0. The Labute approximate surface area is 106 Å². The van der Waals surface area contributed by atoms with Crippen LogP contribution in [-0.4, -0.2) is 60.3 Å². The molecule has 0 bridgehead atoms. The van der Waals surface area contributed by atoms with E-state index in [1.54, 1.807) is 0 Å². The maximum absolute atomic E-state index is 10.2. The molecule has 0 aromatic carbocycles. The normalized spacial score (nSPS) is 37.9. The highest BCUT2D eigenvalue weighted by Gasteiger charge is 2.27. The van der Waals surface area contributed by atoms with Gasteiger partial charge in [0.25, 0.3) is 0 Å². The number of nitrogens with zero attached hydrogens (tertiary/aromatic N) is 2. The standard InChI is InChI=1S/C14H28N2O/c1-12-10-16(9-8-15(12)2)11-13-6-4-3-5-7-14(13)17/h12-14,17H,3-11H2,1-2H3. The Hall–Kier alpha value is -0.120. The average Bonchev–Trinajstić information content (AvgIpc) is 2.50. The second-order valence-electron chi connectivity index (χ2n) is 6.05. The number of likely N-dealkylation sites (N-methyl/N-ethyl adjacent to an activating group) is 1. The van der Waals surface area contributed by atoms with Crippen LogP contribution in [-0.2, 0) is 0 Å². The highest BCUT2D eigenvalue weighted by Crippen LogP contribution is 2.25. The number of aliphatic hydroxyl groups excluding tert-OH is 1. The SMILES string of the molecule is CC1CN(CC2CCCCCC2O)CCN1C. The number of hydrogen-bond acceptors (Lipinski definition) is 3. The summed E-state index contributed by atoms with van der Waals surface area (Å²) in [6.07, 6.45) is 6.04. The maximum atomic E-state index is 10.2. The lowest BCUT2D eigenvalue weighted by Gasteiger charge is -2.39. The van der Waals surface area contributed by atoms with Crippen molar-refractivity contribution in [1.29, 1.82) is 0 Å². The van der Waals surface area contributed by atoms with E-state index in [2.05, 4.69) is 23.8 Å². The van der Waals surface area contributed by atoms with E-state index in [0.717, 1.165) is 13.0 Å². The van der Waals surface area contributed by atoms with Gasteiger partial charge in [0, 0.05) is 32.2 Å². The Morgan fingerprint density at radius 2 is 1.88 bits per heavy atom. The van der Waals surface area contributed by atoms with Crippen LogP contribution in [0.25, 0.3) is 0 Å². The molecule has 0 aromatic heterocycles. The third kappa shape index (κ3) is 3.67. The van der Waals surface area contributed by atoms with E-state index in [1.165, 1.54) is 45.3 Å². The van der Waals surface area contributed by atoms with Gasteiger partial charge in [-0.25, -0.2) is 0 Å². The highest BCUT2D eigenvalue weighted by atomic mass is 16.3. The molecule has 1 aliphatic heterocycles. The molecular formula is C14H28N2O. The van der Waals surface area contributed by atoms with E-state index in [9.17, 15) is 5.11 Å². The van der Waals surface area contributed by atoms with Crippen LogP contribution < -0.4 is 0 Å². The molecule has 1 saturated carbocycles. The van der Waals surface area contributed by atoms with Crippen molar-refractivity contribution in [3.63, 3.8) is 0 Å². The van der Waals surface area contributed by atoms with E-state index in [4.69, 9.17) is 0 Å². The molecule has 3 atom stereocenters. The molecule has 2 fully saturated rings. The van der Waals surface area contributed by atoms with Gasteiger partial charge in [0.15, 0.2) is 0 Å². The van der Waals surface area contributed by atoms with Crippen molar-refractivity contribution in [1.82, 2.24) is 9.80 Å². The summed E-state index contributed by atoms with van der Waals surface area (Å²) in [5, 5.41) is 10.2. The van der Waals surface area contributed by atoms with Crippen LogP contribution in [0.1, 0.15) is 39.0 Å². The second-order valence-corrected chi connectivity index (χ2v) is 6.05. The monoisotopic (exact) mass is 240 g/mol. The van der Waals surface area contributed by atoms with Crippen LogP contribution in [0.4, 0.5) is 0 Å². The largest absolute Gasteiger partial charge is 0.393 e. The van der Waals surface area contributed by atoms with E-state index in [0.29, 0.717) is 12.0 Å². The molecule has 2 aliphatic rings. The summed E-state index contributed by atoms with van der Waals surface area (Å²) in [6, 6.07) is 0.659. The van der Waals surface area contributed by atoms with Gasteiger partial charge in [-0.1, -0.05) is 19.3 Å². The van der Waals surface area contributed by atoms with Crippen molar-refractivity contribution in [3.05, 3.63) is 0 Å². The molecule has 1 N–H and O–H groups in total. The minimum atomic E-state index is -0.0486. The fourth-order valence-electron chi connectivity index (χ4n) is 3.20. The molecular weight excluding hydrogens is 212 g/mol. The van der Waals surface area contributed by atoms with Gasteiger partial charge in [-0.3, -0.25) is 0 Å². The summed E-state index contributed by atoms with van der Waals surface area (Å²) < 4.78 is 0. The van der Waals surface area contributed by atoms with Gasteiger partial charge < -0.3 is 14.9 Å². The van der Waals surface area contributed by atoms with Crippen molar-refractivity contribution in [2.75, 3.05) is 33.2 Å². The Balaban J connectivity index is 1.83. The van der Waals surface area contributed by atoms with E-state index < -0.39 is 0 Å². The lowest BCUT2D eigenvalue weighted by atomic mass is 9.96. The average molecular weight is 240 g/mol.